The summed E-state index contributed by atoms with van der Waals surface area (Å²) in [6, 6.07) is 8.98. The number of aliphatic hydroxyl groups is 1. The van der Waals surface area contributed by atoms with Crippen LogP contribution in [-0.4, -0.2) is 41.1 Å². The number of rotatable bonds is 5. The molecule has 1 unspecified atom stereocenters. The molecule has 1 aromatic heterocycles. The van der Waals surface area contributed by atoms with E-state index in [4.69, 9.17) is 4.52 Å². The second-order valence-electron chi connectivity index (χ2n) is 5.73. The van der Waals surface area contributed by atoms with Crippen molar-refractivity contribution in [1.29, 1.82) is 0 Å². The number of aromatic nitrogens is 2. The number of aryl methyl sites for hydroxylation is 1. The maximum atomic E-state index is 12.5. The summed E-state index contributed by atoms with van der Waals surface area (Å²) in [4.78, 5) is 4.13. The highest BCUT2D eigenvalue weighted by Crippen LogP contribution is 2.33. The quantitative estimate of drug-likeness (QED) is 0.876. The van der Waals surface area contributed by atoms with Gasteiger partial charge >= 0.3 is 0 Å². The molecule has 1 saturated heterocycles. The lowest BCUT2D eigenvalue weighted by Crippen LogP contribution is -2.35. The van der Waals surface area contributed by atoms with Crippen molar-refractivity contribution in [2.24, 2.45) is 0 Å². The second-order valence-corrected chi connectivity index (χ2v) is 7.70. The number of nitrogens with zero attached hydrogens (tertiary/aromatic N) is 3. The Balaban J connectivity index is 1.76. The molecule has 2 aromatic rings. The van der Waals surface area contributed by atoms with Crippen LogP contribution in [0, 0.1) is 0 Å². The van der Waals surface area contributed by atoms with Gasteiger partial charge in [0.15, 0.2) is 11.4 Å². The van der Waals surface area contributed by atoms with Crippen LogP contribution in [0.5, 0.6) is 0 Å². The highest BCUT2D eigenvalue weighted by molar-refractivity contribution is 7.88. The van der Waals surface area contributed by atoms with Crippen LogP contribution < -0.4 is 0 Å². The van der Waals surface area contributed by atoms with Crippen LogP contribution in [0.1, 0.15) is 30.6 Å². The fourth-order valence-electron chi connectivity index (χ4n) is 2.63. The summed E-state index contributed by atoms with van der Waals surface area (Å²) in [5, 5.41) is 14.4. The molecule has 7 nitrogen and oxygen atoms in total. The Kier molecular flexibility index (Phi) is 4.22. The van der Waals surface area contributed by atoms with Crippen molar-refractivity contribution in [2.45, 2.75) is 31.1 Å². The van der Waals surface area contributed by atoms with E-state index in [1.54, 1.807) is 24.3 Å². The van der Waals surface area contributed by atoms with Crippen molar-refractivity contribution in [2.75, 3.05) is 13.1 Å². The molecule has 0 amide bonds. The van der Waals surface area contributed by atoms with E-state index in [9.17, 15) is 13.5 Å². The van der Waals surface area contributed by atoms with E-state index in [0.29, 0.717) is 17.8 Å². The van der Waals surface area contributed by atoms with Crippen LogP contribution in [0.3, 0.4) is 0 Å². The minimum absolute atomic E-state index is 0.0620. The molecule has 1 aliphatic heterocycles. The molecule has 23 heavy (non-hydrogen) atoms. The molecule has 0 spiro atoms. The van der Waals surface area contributed by atoms with Gasteiger partial charge in [-0.3, -0.25) is 0 Å². The van der Waals surface area contributed by atoms with Gasteiger partial charge in [-0.1, -0.05) is 42.4 Å². The van der Waals surface area contributed by atoms with Gasteiger partial charge in [0.1, 0.15) is 0 Å². The summed E-state index contributed by atoms with van der Waals surface area (Å²) in [6.07, 6.45) is 0.835. The molecular weight excluding hydrogens is 318 g/mol. The Bertz CT molecular complexity index is 775. The summed E-state index contributed by atoms with van der Waals surface area (Å²) in [6.45, 7) is 2.05. The van der Waals surface area contributed by atoms with Gasteiger partial charge in [-0.15, -0.1) is 0 Å². The molecule has 0 bridgehead atoms. The van der Waals surface area contributed by atoms with Gasteiger partial charge < -0.3 is 9.63 Å². The minimum atomic E-state index is -3.51. The van der Waals surface area contributed by atoms with Gasteiger partial charge in [0.25, 0.3) is 5.89 Å². The van der Waals surface area contributed by atoms with Crippen LogP contribution in [0.25, 0.3) is 0 Å². The molecule has 1 aliphatic rings. The van der Waals surface area contributed by atoms with Crippen molar-refractivity contribution in [1.82, 2.24) is 14.4 Å². The highest BCUT2D eigenvalue weighted by atomic mass is 32.2. The van der Waals surface area contributed by atoms with E-state index >= 15 is 0 Å². The molecule has 0 radical (unpaired) electrons. The van der Waals surface area contributed by atoms with Crippen molar-refractivity contribution in [3.05, 3.63) is 47.6 Å². The van der Waals surface area contributed by atoms with Gasteiger partial charge in [0.05, 0.1) is 12.3 Å². The van der Waals surface area contributed by atoms with Gasteiger partial charge in [-0.25, -0.2) is 8.42 Å². The summed E-state index contributed by atoms with van der Waals surface area (Å²) >= 11 is 0. The lowest BCUT2D eigenvalue weighted by molar-refractivity contribution is 0.0194. The van der Waals surface area contributed by atoms with E-state index in [2.05, 4.69) is 10.1 Å². The zero-order chi connectivity index (χ0) is 16.5. The van der Waals surface area contributed by atoms with E-state index in [0.717, 1.165) is 0 Å². The third-order valence-electron chi connectivity index (χ3n) is 3.98. The Morgan fingerprint density at radius 1 is 1.35 bits per heavy atom. The number of hydrogen-bond acceptors (Lipinski definition) is 6. The van der Waals surface area contributed by atoms with Gasteiger partial charge in [0.2, 0.25) is 10.0 Å². The average Bonchev–Trinajstić information content (AvgIpc) is 3.15. The van der Waals surface area contributed by atoms with Crippen LogP contribution in [0.2, 0.25) is 0 Å². The molecular formula is C15H19N3O4S. The zero-order valence-corrected chi connectivity index (χ0v) is 13.7. The number of β-amino-alcohol motifs (C(OH)–C–C–N with tert-alkyl or cyclic N) is 1. The maximum absolute atomic E-state index is 12.5. The molecule has 1 atom stereocenters. The fraction of sp³-hybridized carbons (Fsp3) is 0.467. The van der Waals surface area contributed by atoms with Gasteiger partial charge in [-0.05, 0) is 5.56 Å². The monoisotopic (exact) mass is 337 g/mol. The Morgan fingerprint density at radius 3 is 2.74 bits per heavy atom. The highest BCUT2D eigenvalue weighted by Gasteiger charge is 2.46. The second kappa shape index (κ2) is 6.03. The third-order valence-corrected chi connectivity index (χ3v) is 5.78. The predicted molar refractivity (Wildman–Crippen MR) is 82.8 cm³/mol. The summed E-state index contributed by atoms with van der Waals surface area (Å²) in [5.74, 6) is 0.499. The molecule has 1 aromatic carbocycles. The van der Waals surface area contributed by atoms with Gasteiger partial charge in [0, 0.05) is 19.4 Å². The smallest absolute Gasteiger partial charge is 0.260 e. The van der Waals surface area contributed by atoms with Crippen LogP contribution in [-0.2, 0) is 27.8 Å². The first-order chi connectivity index (χ1) is 10.9. The van der Waals surface area contributed by atoms with Crippen molar-refractivity contribution in [3.8, 4) is 0 Å². The van der Waals surface area contributed by atoms with E-state index in [1.807, 2.05) is 13.0 Å². The summed E-state index contributed by atoms with van der Waals surface area (Å²) < 4.78 is 31.4. The fourth-order valence-corrected chi connectivity index (χ4v) is 4.21. The van der Waals surface area contributed by atoms with Gasteiger partial charge in [-0.2, -0.15) is 9.29 Å². The van der Waals surface area contributed by atoms with Crippen molar-refractivity contribution in [3.63, 3.8) is 0 Å². The number of hydrogen-bond donors (Lipinski definition) is 1. The molecule has 3 rings (SSSR count). The standard InChI is InChI=1S/C15H19N3O4S/c1-2-13-16-14(22-17-13)15(19)8-9-18(11-15)23(20,21)10-12-6-4-3-5-7-12/h3-7,19H,2,8-11H2,1H3. The first kappa shape index (κ1) is 16.1. The summed E-state index contributed by atoms with van der Waals surface area (Å²) in [5.41, 5.74) is -0.696. The summed E-state index contributed by atoms with van der Waals surface area (Å²) in [7, 11) is -3.51. The molecule has 0 saturated carbocycles. The Hall–Kier alpha value is -1.77. The minimum Gasteiger partial charge on any atom is -0.379 e. The molecule has 0 aliphatic carbocycles. The van der Waals surface area contributed by atoms with Crippen molar-refractivity contribution >= 4 is 10.0 Å². The molecule has 124 valence electrons. The van der Waals surface area contributed by atoms with E-state index < -0.39 is 15.6 Å². The van der Waals surface area contributed by atoms with Crippen molar-refractivity contribution < 1.29 is 18.0 Å². The molecule has 1 fully saturated rings. The first-order valence-corrected chi connectivity index (χ1v) is 9.11. The topological polar surface area (TPSA) is 96.5 Å². The lowest BCUT2D eigenvalue weighted by Gasteiger charge is -2.19. The normalized spacial score (nSPS) is 22.5. The largest absolute Gasteiger partial charge is 0.379 e. The van der Waals surface area contributed by atoms with Crippen LogP contribution >= 0.6 is 0 Å². The van der Waals surface area contributed by atoms with Crippen LogP contribution in [0.15, 0.2) is 34.9 Å². The molecule has 2 heterocycles. The van der Waals surface area contributed by atoms with E-state index in [1.165, 1.54) is 4.31 Å². The third kappa shape index (κ3) is 3.29. The zero-order valence-electron chi connectivity index (χ0n) is 12.8. The number of sulfonamides is 1. The molecule has 1 N–H and O–H groups in total. The SMILES string of the molecule is CCc1noc(C2(O)CCN(S(=O)(=O)Cc3ccccc3)C2)n1. The first-order valence-electron chi connectivity index (χ1n) is 7.50. The average molecular weight is 337 g/mol. The number of benzene rings is 1. The Morgan fingerprint density at radius 2 is 2.09 bits per heavy atom. The Labute approximate surface area is 135 Å². The predicted octanol–water partition coefficient (Wildman–Crippen LogP) is 1.06. The van der Waals surface area contributed by atoms with E-state index in [-0.39, 0.29) is 31.2 Å². The van der Waals surface area contributed by atoms with Crippen LogP contribution in [0.4, 0.5) is 0 Å². The maximum Gasteiger partial charge on any atom is 0.260 e. The molecule has 8 heteroatoms. The lowest BCUT2D eigenvalue weighted by atomic mass is 10.0.